The molecule has 0 aromatic carbocycles. The maximum Gasteiger partial charge on any atom is 0.115 e. The van der Waals surface area contributed by atoms with Crippen molar-refractivity contribution in [3.8, 4) is 0 Å². The molecule has 11 heavy (non-hydrogen) atoms. The third-order valence-electron chi connectivity index (χ3n) is 1.38. The van der Waals surface area contributed by atoms with Crippen LogP contribution in [0.2, 0.25) is 0 Å². The molecule has 1 heterocycles. The van der Waals surface area contributed by atoms with Crippen LogP contribution in [-0.2, 0) is 6.42 Å². The zero-order chi connectivity index (χ0) is 8.27. The van der Waals surface area contributed by atoms with E-state index >= 15 is 0 Å². The van der Waals surface area contributed by atoms with Crippen LogP contribution in [0, 0.1) is 6.92 Å². The van der Waals surface area contributed by atoms with Gasteiger partial charge in [0, 0.05) is 18.3 Å². The molecule has 2 N–H and O–H groups in total. The lowest BCUT2D eigenvalue weighted by Gasteiger charge is -2.00. The summed E-state index contributed by atoms with van der Waals surface area (Å²) in [5.74, 6) is 0. The van der Waals surface area contributed by atoms with E-state index in [4.69, 9.17) is 18.0 Å². The minimum atomic E-state index is 0.475. The van der Waals surface area contributed by atoms with Crippen molar-refractivity contribution in [2.24, 2.45) is 5.73 Å². The lowest BCUT2D eigenvalue weighted by atomic mass is 10.2. The second kappa shape index (κ2) is 3.39. The van der Waals surface area contributed by atoms with E-state index in [0.29, 0.717) is 11.4 Å². The quantitative estimate of drug-likeness (QED) is 0.656. The van der Waals surface area contributed by atoms with Crippen molar-refractivity contribution < 1.29 is 0 Å². The molecule has 0 aliphatic rings. The lowest BCUT2D eigenvalue weighted by molar-refractivity contribution is 1.04. The Bertz CT molecular complexity index is 272. The fraction of sp³-hybridized carbons (Fsp3) is 0.286. The smallest absolute Gasteiger partial charge is 0.115 e. The summed E-state index contributed by atoms with van der Waals surface area (Å²) in [6, 6.07) is 0. The highest BCUT2D eigenvalue weighted by Gasteiger charge is 1.99. The first kappa shape index (κ1) is 8.07. The first-order chi connectivity index (χ1) is 5.20. The largest absolute Gasteiger partial charge is 0.393 e. The Morgan fingerprint density at radius 1 is 1.73 bits per heavy atom. The van der Waals surface area contributed by atoms with Gasteiger partial charge in [0.15, 0.2) is 0 Å². The molecular weight excluding hydrogens is 158 g/mol. The lowest BCUT2D eigenvalue weighted by Crippen LogP contribution is -2.12. The number of aryl methyl sites for hydroxylation is 1. The molecule has 58 valence electrons. The SMILES string of the molecule is Cc1ncncc1CC(N)=S. The van der Waals surface area contributed by atoms with E-state index in [-0.39, 0.29) is 0 Å². The van der Waals surface area contributed by atoms with Gasteiger partial charge in [0.2, 0.25) is 0 Å². The molecule has 4 heteroatoms. The van der Waals surface area contributed by atoms with Gasteiger partial charge in [0.1, 0.15) is 6.33 Å². The average Bonchev–Trinajstić information content (AvgIpc) is 1.93. The molecule has 0 aliphatic heterocycles. The Balaban J connectivity index is 2.86. The second-order valence-corrected chi connectivity index (χ2v) is 2.80. The topological polar surface area (TPSA) is 51.8 Å². The van der Waals surface area contributed by atoms with Crippen LogP contribution in [0.3, 0.4) is 0 Å². The maximum absolute atomic E-state index is 5.37. The number of hydrogen-bond acceptors (Lipinski definition) is 3. The molecule has 0 amide bonds. The molecule has 0 saturated carbocycles. The number of thiocarbonyl (C=S) groups is 1. The van der Waals surface area contributed by atoms with Gasteiger partial charge in [-0.05, 0) is 12.5 Å². The minimum Gasteiger partial charge on any atom is -0.393 e. The van der Waals surface area contributed by atoms with Gasteiger partial charge in [-0.3, -0.25) is 0 Å². The van der Waals surface area contributed by atoms with E-state index in [9.17, 15) is 0 Å². The van der Waals surface area contributed by atoms with Crippen LogP contribution < -0.4 is 5.73 Å². The summed E-state index contributed by atoms with van der Waals surface area (Å²) in [5.41, 5.74) is 7.31. The molecule has 1 rings (SSSR count). The summed E-state index contributed by atoms with van der Waals surface area (Å²) in [5, 5.41) is 0. The van der Waals surface area contributed by atoms with Crippen molar-refractivity contribution in [1.29, 1.82) is 0 Å². The molecule has 0 aliphatic carbocycles. The highest BCUT2D eigenvalue weighted by molar-refractivity contribution is 7.80. The van der Waals surface area contributed by atoms with Crippen LogP contribution in [0.25, 0.3) is 0 Å². The van der Waals surface area contributed by atoms with Crippen molar-refractivity contribution in [3.63, 3.8) is 0 Å². The van der Waals surface area contributed by atoms with E-state index in [1.165, 1.54) is 6.33 Å². The highest BCUT2D eigenvalue weighted by Crippen LogP contribution is 2.01. The van der Waals surface area contributed by atoms with Crippen molar-refractivity contribution >= 4 is 17.2 Å². The Kier molecular flexibility index (Phi) is 2.48. The number of nitrogens with two attached hydrogens (primary N) is 1. The molecule has 3 nitrogen and oxygen atoms in total. The van der Waals surface area contributed by atoms with Crippen LogP contribution in [-0.4, -0.2) is 15.0 Å². The van der Waals surface area contributed by atoms with Crippen molar-refractivity contribution in [3.05, 3.63) is 23.8 Å². The summed E-state index contributed by atoms with van der Waals surface area (Å²) < 4.78 is 0. The van der Waals surface area contributed by atoms with E-state index < -0.39 is 0 Å². The zero-order valence-corrected chi connectivity index (χ0v) is 7.06. The summed E-state index contributed by atoms with van der Waals surface area (Å²) in [7, 11) is 0. The third kappa shape index (κ3) is 2.23. The Morgan fingerprint density at radius 3 is 3.00 bits per heavy atom. The van der Waals surface area contributed by atoms with Gasteiger partial charge >= 0.3 is 0 Å². The summed E-state index contributed by atoms with van der Waals surface area (Å²) >= 11 is 4.76. The zero-order valence-electron chi connectivity index (χ0n) is 6.24. The fourth-order valence-electron chi connectivity index (χ4n) is 0.781. The predicted octanol–water partition coefficient (Wildman–Crippen LogP) is 0.614. The second-order valence-electron chi connectivity index (χ2n) is 2.28. The molecular formula is C7H9N3S. The van der Waals surface area contributed by atoms with E-state index in [1.807, 2.05) is 6.92 Å². The maximum atomic E-state index is 5.37. The first-order valence-electron chi connectivity index (χ1n) is 3.24. The molecule has 0 spiro atoms. The molecule has 0 saturated heterocycles. The highest BCUT2D eigenvalue weighted by atomic mass is 32.1. The summed E-state index contributed by atoms with van der Waals surface area (Å²) in [6.45, 7) is 1.91. The van der Waals surface area contributed by atoms with Crippen LogP contribution in [0.5, 0.6) is 0 Å². The molecule has 0 radical (unpaired) electrons. The van der Waals surface area contributed by atoms with Crippen LogP contribution in [0.15, 0.2) is 12.5 Å². The Hall–Kier alpha value is -1.03. The molecule has 1 aromatic rings. The third-order valence-corrected chi connectivity index (χ3v) is 1.52. The van der Waals surface area contributed by atoms with Gasteiger partial charge in [-0.15, -0.1) is 0 Å². The van der Waals surface area contributed by atoms with Gasteiger partial charge in [-0.25, -0.2) is 9.97 Å². The van der Waals surface area contributed by atoms with E-state index in [2.05, 4.69) is 9.97 Å². The number of hydrogen-bond donors (Lipinski definition) is 1. The van der Waals surface area contributed by atoms with E-state index in [1.54, 1.807) is 6.20 Å². The molecule has 0 atom stereocenters. The van der Waals surface area contributed by atoms with Crippen molar-refractivity contribution in [2.45, 2.75) is 13.3 Å². The normalized spacial score (nSPS) is 9.55. The Labute approximate surface area is 70.7 Å². The molecule has 1 aromatic heterocycles. The predicted molar refractivity (Wildman–Crippen MR) is 47.3 cm³/mol. The standard InChI is InChI=1S/C7H9N3S/c1-5-6(2-7(8)11)3-9-4-10-5/h3-4H,2H2,1H3,(H2,8,11). The average molecular weight is 167 g/mol. The number of nitrogens with zero attached hydrogens (tertiary/aromatic N) is 2. The van der Waals surface area contributed by atoms with Crippen LogP contribution in [0.4, 0.5) is 0 Å². The van der Waals surface area contributed by atoms with Gasteiger partial charge in [-0.1, -0.05) is 12.2 Å². The molecule has 0 bridgehead atoms. The van der Waals surface area contributed by atoms with Gasteiger partial charge < -0.3 is 5.73 Å². The Morgan fingerprint density at radius 2 is 2.45 bits per heavy atom. The summed E-state index contributed by atoms with van der Waals surface area (Å²) in [4.78, 5) is 8.35. The molecule has 0 fully saturated rings. The minimum absolute atomic E-state index is 0.475. The fourth-order valence-corrected chi connectivity index (χ4v) is 0.936. The van der Waals surface area contributed by atoms with Gasteiger partial charge in [0.25, 0.3) is 0 Å². The van der Waals surface area contributed by atoms with Gasteiger partial charge in [-0.2, -0.15) is 0 Å². The van der Waals surface area contributed by atoms with Crippen LogP contribution in [0.1, 0.15) is 11.3 Å². The van der Waals surface area contributed by atoms with Crippen molar-refractivity contribution in [1.82, 2.24) is 9.97 Å². The number of rotatable bonds is 2. The van der Waals surface area contributed by atoms with Crippen LogP contribution >= 0.6 is 12.2 Å². The number of aromatic nitrogens is 2. The summed E-state index contributed by atoms with van der Waals surface area (Å²) in [6.07, 6.45) is 3.84. The first-order valence-corrected chi connectivity index (χ1v) is 3.65. The molecule has 0 unspecified atom stereocenters. The van der Waals surface area contributed by atoms with E-state index in [0.717, 1.165) is 11.3 Å². The monoisotopic (exact) mass is 167 g/mol. The van der Waals surface area contributed by atoms with Crippen molar-refractivity contribution in [2.75, 3.05) is 0 Å². The van der Waals surface area contributed by atoms with Gasteiger partial charge in [0.05, 0.1) is 4.99 Å².